The molecule has 0 radical (unpaired) electrons. The van der Waals surface area contributed by atoms with Gasteiger partial charge in [-0.25, -0.2) is 0 Å². The second-order valence-corrected chi connectivity index (χ2v) is 10.9. The van der Waals surface area contributed by atoms with E-state index < -0.39 is 6.04 Å². The molecule has 0 aliphatic heterocycles. The van der Waals surface area contributed by atoms with Gasteiger partial charge in [-0.05, 0) is 46.7 Å². The monoisotopic (exact) mass is 534 g/mol. The molecule has 38 heavy (non-hydrogen) atoms. The third kappa shape index (κ3) is 8.63. The van der Waals surface area contributed by atoms with Gasteiger partial charge in [0.05, 0.1) is 0 Å². The predicted octanol–water partition coefficient (Wildman–Crippen LogP) is 6.57. The van der Waals surface area contributed by atoms with E-state index in [1.807, 2.05) is 72.8 Å². The Morgan fingerprint density at radius 2 is 1.61 bits per heavy atom. The summed E-state index contributed by atoms with van der Waals surface area (Å²) in [6.07, 6.45) is 2.22. The Bertz CT molecular complexity index is 1170. The summed E-state index contributed by atoms with van der Waals surface area (Å²) in [7, 11) is 0. The number of ether oxygens (including phenoxy) is 1. The summed E-state index contributed by atoms with van der Waals surface area (Å²) in [4.78, 5) is 28.8. The lowest BCUT2D eigenvalue weighted by Gasteiger charge is -2.31. The summed E-state index contributed by atoms with van der Waals surface area (Å²) in [6.45, 7) is 9.10. The number of nitrogens with one attached hydrogen (secondary N) is 1. The minimum atomic E-state index is -0.718. The molecule has 202 valence electrons. The largest absolute Gasteiger partial charge is 0.484 e. The fourth-order valence-corrected chi connectivity index (χ4v) is 4.34. The standard InChI is InChI=1S/C32H39ClN2O3/c1-5-6-20-34-31(37)29(21-24-12-8-7-9-13-24)35(22-25-14-10-11-15-28(25)33)30(36)23-38-27-18-16-26(17-19-27)32(2,3)4/h7-19,29H,5-6,20-23H2,1-4H3,(H,34,37)/t29-/m1/s1. The van der Waals surface area contributed by atoms with E-state index in [1.165, 1.54) is 5.56 Å². The van der Waals surface area contributed by atoms with Crippen molar-refractivity contribution in [3.05, 3.63) is 101 Å². The highest BCUT2D eigenvalue weighted by Crippen LogP contribution is 2.25. The normalized spacial score (nSPS) is 12.0. The van der Waals surface area contributed by atoms with Crippen LogP contribution in [0.5, 0.6) is 5.75 Å². The first kappa shape index (κ1) is 29.2. The van der Waals surface area contributed by atoms with Crippen molar-refractivity contribution < 1.29 is 14.3 Å². The second kappa shape index (κ2) is 14.0. The average molecular weight is 535 g/mol. The summed E-state index contributed by atoms with van der Waals surface area (Å²) < 4.78 is 5.91. The zero-order valence-corrected chi connectivity index (χ0v) is 23.6. The van der Waals surface area contributed by atoms with Gasteiger partial charge in [0.15, 0.2) is 6.61 Å². The van der Waals surface area contributed by atoms with Gasteiger partial charge in [0.2, 0.25) is 5.91 Å². The first-order chi connectivity index (χ1) is 18.2. The molecule has 2 amide bonds. The van der Waals surface area contributed by atoms with Crippen LogP contribution in [0.4, 0.5) is 0 Å². The van der Waals surface area contributed by atoms with E-state index in [-0.39, 0.29) is 30.4 Å². The highest BCUT2D eigenvalue weighted by Gasteiger charge is 2.31. The lowest BCUT2D eigenvalue weighted by molar-refractivity contribution is -0.142. The first-order valence-corrected chi connectivity index (χ1v) is 13.6. The van der Waals surface area contributed by atoms with Gasteiger partial charge >= 0.3 is 0 Å². The van der Waals surface area contributed by atoms with Crippen molar-refractivity contribution in [1.82, 2.24) is 10.2 Å². The molecule has 1 N–H and O–H groups in total. The number of benzene rings is 3. The number of rotatable bonds is 12. The molecule has 0 aliphatic rings. The van der Waals surface area contributed by atoms with Crippen molar-refractivity contribution >= 4 is 23.4 Å². The van der Waals surface area contributed by atoms with Gasteiger partial charge < -0.3 is 15.0 Å². The minimum Gasteiger partial charge on any atom is -0.484 e. The molecule has 3 rings (SSSR count). The maximum Gasteiger partial charge on any atom is 0.261 e. The van der Waals surface area contributed by atoms with Gasteiger partial charge in [0.25, 0.3) is 5.91 Å². The second-order valence-electron chi connectivity index (χ2n) is 10.5. The van der Waals surface area contributed by atoms with Gasteiger partial charge in [-0.2, -0.15) is 0 Å². The molecular formula is C32H39ClN2O3. The molecule has 0 aromatic heterocycles. The third-order valence-electron chi connectivity index (χ3n) is 6.48. The lowest BCUT2D eigenvalue weighted by Crippen LogP contribution is -2.51. The number of unbranched alkanes of at least 4 members (excludes halogenated alkanes) is 1. The van der Waals surface area contributed by atoms with E-state index in [1.54, 1.807) is 11.0 Å². The molecule has 0 saturated heterocycles. The minimum absolute atomic E-state index is 0.0237. The molecule has 5 nitrogen and oxygen atoms in total. The number of halogens is 1. The molecule has 0 heterocycles. The van der Waals surface area contributed by atoms with Crippen LogP contribution >= 0.6 is 11.6 Å². The molecule has 0 saturated carbocycles. The summed E-state index contributed by atoms with van der Waals surface area (Å²) in [6, 6.07) is 24.2. The van der Waals surface area contributed by atoms with E-state index in [0.717, 1.165) is 24.0 Å². The van der Waals surface area contributed by atoms with Gasteiger partial charge in [-0.15, -0.1) is 0 Å². The maximum absolute atomic E-state index is 13.7. The number of hydrogen-bond acceptors (Lipinski definition) is 3. The van der Waals surface area contributed by atoms with Crippen LogP contribution < -0.4 is 10.1 Å². The Morgan fingerprint density at radius 3 is 2.24 bits per heavy atom. The SMILES string of the molecule is CCCCNC(=O)[C@@H](Cc1ccccc1)N(Cc1ccccc1Cl)C(=O)COc1ccc(C(C)(C)C)cc1. The zero-order valence-electron chi connectivity index (χ0n) is 22.9. The Hall–Kier alpha value is -3.31. The molecule has 0 fully saturated rings. The Kier molecular flexibility index (Phi) is 10.8. The highest BCUT2D eigenvalue weighted by atomic mass is 35.5. The fraction of sp³-hybridized carbons (Fsp3) is 0.375. The van der Waals surface area contributed by atoms with Gasteiger partial charge in [-0.1, -0.05) is 106 Å². The van der Waals surface area contributed by atoms with E-state index in [4.69, 9.17) is 16.3 Å². The third-order valence-corrected chi connectivity index (χ3v) is 6.85. The van der Waals surface area contributed by atoms with E-state index in [0.29, 0.717) is 23.7 Å². The molecule has 0 unspecified atom stereocenters. The van der Waals surface area contributed by atoms with Crippen LogP contribution in [0.15, 0.2) is 78.9 Å². The number of carbonyl (C=O) groups excluding carboxylic acids is 2. The zero-order chi connectivity index (χ0) is 27.5. The van der Waals surface area contributed by atoms with Crippen molar-refractivity contribution in [3.8, 4) is 5.75 Å². The van der Waals surface area contributed by atoms with Crippen molar-refractivity contribution in [2.24, 2.45) is 0 Å². The summed E-state index contributed by atoms with van der Waals surface area (Å²) in [5.41, 5.74) is 2.95. The van der Waals surface area contributed by atoms with Crippen LogP contribution in [0.1, 0.15) is 57.2 Å². The van der Waals surface area contributed by atoms with E-state index in [2.05, 4.69) is 33.0 Å². The number of amides is 2. The summed E-state index contributed by atoms with van der Waals surface area (Å²) >= 11 is 6.47. The van der Waals surface area contributed by atoms with Crippen LogP contribution in [0, 0.1) is 0 Å². The molecular weight excluding hydrogens is 496 g/mol. The van der Waals surface area contributed by atoms with Crippen LogP contribution in [-0.2, 0) is 28.0 Å². The number of hydrogen-bond donors (Lipinski definition) is 1. The summed E-state index contributed by atoms with van der Waals surface area (Å²) in [5.74, 6) is 0.143. The topological polar surface area (TPSA) is 58.6 Å². The van der Waals surface area contributed by atoms with Crippen molar-refractivity contribution in [2.45, 2.75) is 65.0 Å². The smallest absolute Gasteiger partial charge is 0.261 e. The van der Waals surface area contributed by atoms with Crippen LogP contribution in [0.2, 0.25) is 5.02 Å². The van der Waals surface area contributed by atoms with E-state index in [9.17, 15) is 9.59 Å². The van der Waals surface area contributed by atoms with Crippen molar-refractivity contribution in [1.29, 1.82) is 0 Å². The molecule has 0 bridgehead atoms. The predicted molar refractivity (Wildman–Crippen MR) is 154 cm³/mol. The number of carbonyl (C=O) groups is 2. The molecule has 1 atom stereocenters. The molecule has 0 aliphatic carbocycles. The van der Waals surface area contributed by atoms with Gasteiger partial charge in [-0.3, -0.25) is 9.59 Å². The average Bonchev–Trinajstić information content (AvgIpc) is 2.90. The van der Waals surface area contributed by atoms with Crippen LogP contribution in [0.3, 0.4) is 0 Å². The first-order valence-electron chi connectivity index (χ1n) is 13.3. The Morgan fingerprint density at radius 1 is 0.947 bits per heavy atom. The number of nitrogens with zero attached hydrogens (tertiary/aromatic N) is 1. The lowest BCUT2D eigenvalue weighted by atomic mass is 9.87. The van der Waals surface area contributed by atoms with Crippen molar-refractivity contribution in [3.63, 3.8) is 0 Å². The highest BCUT2D eigenvalue weighted by molar-refractivity contribution is 6.31. The van der Waals surface area contributed by atoms with Crippen LogP contribution in [-0.4, -0.2) is 35.9 Å². The fourth-order valence-electron chi connectivity index (χ4n) is 4.15. The summed E-state index contributed by atoms with van der Waals surface area (Å²) in [5, 5.41) is 3.58. The molecule has 3 aromatic rings. The Labute approximate surface area is 232 Å². The maximum atomic E-state index is 13.7. The molecule has 6 heteroatoms. The molecule has 3 aromatic carbocycles. The quantitative estimate of drug-likeness (QED) is 0.267. The molecule has 0 spiro atoms. The van der Waals surface area contributed by atoms with Gasteiger partial charge in [0, 0.05) is 24.5 Å². The van der Waals surface area contributed by atoms with Crippen LogP contribution in [0.25, 0.3) is 0 Å². The van der Waals surface area contributed by atoms with Gasteiger partial charge in [0.1, 0.15) is 11.8 Å². The van der Waals surface area contributed by atoms with E-state index >= 15 is 0 Å². The van der Waals surface area contributed by atoms with Crippen molar-refractivity contribution in [2.75, 3.05) is 13.2 Å². The Balaban J connectivity index is 1.87.